The molecule has 0 aromatic heterocycles. The minimum atomic E-state index is -0.448. The minimum Gasteiger partial charge on any atom is -0.332 e. The van der Waals surface area contributed by atoms with E-state index >= 15 is 0 Å². The molecule has 136 valence electrons. The molecule has 1 aliphatic carbocycles. The van der Waals surface area contributed by atoms with Crippen LogP contribution in [-0.4, -0.2) is 29.2 Å². The Kier molecular flexibility index (Phi) is 5.82. The van der Waals surface area contributed by atoms with Gasteiger partial charge in [0.1, 0.15) is 5.82 Å². The number of hydrogen-bond acceptors (Lipinski definition) is 2. The van der Waals surface area contributed by atoms with Crippen LogP contribution in [0.25, 0.3) is 0 Å². The first-order valence-electron chi connectivity index (χ1n) is 9.21. The molecule has 3 rings (SSSR count). The van der Waals surface area contributed by atoms with E-state index in [9.17, 15) is 14.0 Å². The zero-order valence-electron chi connectivity index (χ0n) is 15.1. The van der Waals surface area contributed by atoms with Gasteiger partial charge in [0.25, 0.3) is 5.91 Å². The Morgan fingerprint density at radius 1 is 1.00 bits per heavy atom. The first-order valence-corrected chi connectivity index (χ1v) is 9.21. The van der Waals surface area contributed by atoms with Crippen LogP contribution in [0.4, 0.5) is 4.39 Å². The van der Waals surface area contributed by atoms with Crippen molar-refractivity contribution in [3.8, 4) is 0 Å². The average Bonchev–Trinajstić information content (AvgIpc) is 3.18. The van der Waals surface area contributed by atoms with Crippen LogP contribution in [-0.2, 0) is 11.2 Å². The Balaban J connectivity index is 1.74. The Morgan fingerprint density at radius 2 is 1.62 bits per heavy atom. The average molecular weight is 353 g/mol. The van der Waals surface area contributed by atoms with Crippen LogP contribution in [0.1, 0.15) is 47.2 Å². The molecule has 0 bridgehead atoms. The van der Waals surface area contributed by atoms with Crippen LogP contribution < -0.4 is 0 Å². The van der Waals surface area contributed by atoms with Gasteiger partial charge in [-0.15, -0.1) is 0 Å². The molecule has 1 fully saturated rings. The minimum absolute atomic E-state index is 0.123. The topological polar surface area (TPSA) is 37.4 Å². The molecule has 4 heteroatoms. The SMILES string of the molecule is Cc1ccc(C(=O)C(=O)N(CCc2ccc(F)cc2)C2CCCC2)cc1. The molecule has 2 aromatic rings. The highest BCUT2D eigenvalue weighted by Crippen LogP contribution is 2.24. The second-order valence-electron chi connectivity index (χ2n) is 7.01. The lowest BCUT2D eigenvalue weighted by molar-refractivity contribution is -0.128. The van der Waals surface area contributed by atoms with Gasteiger partial charge < -0.3 is 4.90 Å². The summed E-state index contributed by atoms with van der Waals surface area (Å²) in [6.07, 6.45) is 4.67. The second-order valence-corrected chi connectivity index (χ2v) is 7.01. The van der Waals surface area contributed by atoms with E-state index in [-0.39, 0.29) is 11.9 Å². The Hall–Kier alpha value is -2.49. The van der Waals surface area contributed by atoms with Crippen LogP contribution >= 0.6 is 0 Å². The number of Topliss-reactive ketones (excluding diaryl/α,β-unsaturated/α-hetero) is 1. The van der Waals surface area contributed by atoms with E-state index in [1.54, 1.807) is 29.2 Å². The summed E-state index contributed by atoms with van der Waals surface area (Å²) in [4.78, 5) is 27.3. The molecule has 0 aliphatic heterocycles. The molecule has 1 aliphatic rings. The highest BCUT2D eigenvalue weighted by Gasteiger charge is 2.30. The summed E-state index contributed by atoms with van der Waals surface area (Å²) in [6, 6.07) is 13.5. The molecule has 3 nitrogen and oxygen atoms in total. The van der Waals surface area contributed by atoms with Crippen molar-refractivity contribution in [1.29, 1.82) is 0 Å². The molecule has 1 saturated carbocycles. The van der Waals surface area contributed by atoms with Gasteiger partial charge in [0.2, 0.25) is 5.78 Å². The van der Waals surface area contributed by atoms with Crippen molar-refractivity contribution < 1.29 is 14.0 Å². The van der Waals surface area contributed by atoms with E-state index in [1.807, 2.05) is 19.1 Å². The highest BCUT2D eigenvalue weighted by atomic mass is 19.1. The molecule has 1 amide bonds. The lowest BCUT2D eigenvalue weighted by Gasteiger charge is -2.28. The number of carbonyl (C=O) groups is 2. The van der Waals surface area contributed by atoms with Gasteiger partial charge in [0.15, 0.2) is 0 Å². The van der Waals surface area contributed by atoms with Gasteiger partial charge in [0.05, 0.1) is 0 Å². The fourth-order valence-corrected chi connectivity index (χ4v) is 3.53. The van der Waals surface area contributed by atoms with E-state index < -0.39 is 11.7 Å². The molecular weight excluding hydrogens is 329 g/mol. The number of rotatable bonds is 6. The lowest BCUT2D eigenvalue weighted by atomic mass is 10.1. The second kappa shape index (κ2) is 8.26. The maximum atomic E-state index is 13.1. The van der Waals surface area contributed by atoms with Crippen LogP contribution in [0.15, 0.2) is 48.5 Å². The fourth-order valence-electron chi connectivity index (χ4n) is 3.53. The third kappa shape index (κ3) is 4.37. The van der Waals surface area contributed by atoms with E-state index in [0.29, 0.717) is 18.5 Å². The Labute approximate surface area is 153 Å². The van der Waals surface area contributed by atoms with Crippen molar-refractivity contribution in [2.75, 3.05) is 6.54 Å². The molecule has 0 spiro atoms. The van der Waals surface area contributed by atoms with E-state index in [2.05, 4.69) is 0 Å². The highest BCUT2D eigenvalue weighted by molar-refractivity contribution is 6.42. The molecule has 0 radical (unpaired) electrons. The summed E-state index contributed by atoms with van der Waals surface area (Å²) in [5, 5.41) is 0. The van der Waals surface area contributed by atoms with Gasteiger partial charge in [-0.25, -0.2) is 4.39 Å². The summed E-state index contributed by atoms with van der Waals surface area (Å²) >= 11 is 0. The van der Waals surface area contributed by atoms with Crippen LogP contribution in [0, 0.1) is 12.7 Å². The summed E-state index contributed by atoms with van der Waals surface area (Å²) in [5.41, 5.74) is 2.45. The van der Waals surface area contributed by atoms with Gasteiger partial charge >= 0.3 is 0 Å². The van der Waals surface area contributed by atoms with Crippen molar-refractivity contribution >= 4 is 11.7 Å². The van der Waals surface area contributed by atoms with Crippen molar-refractivity contribution in [3.63, 3.8) is 0 Å². The number of nitrogens with zero attached hydrogens (tertiary/aromatic N) is 1. The standard InChI is InChI=1S/C22H24FNO2/c1-16-6-10-18(11-7-16)21(25)22(26)24(20-4-2-3-5-20)15-14-17-8-12-19(23)13-9-17/h6-13,20H,2-5,14-15H2,1H3. The third-order valence-electron chi connectivity index (χ3n) is 5.09. The number of benzene rings is 2. The van der Waals surface area contributed by atoms with E-state index in [4.69, 9.17) is 0 Å². The summed E-state index contributed by atoms with van der Waals surface area (Å²) in [6.45, 7) is 2.43. The number of ketones is 1. The van der Waals surface area contributed by atoms with E-state index in [1.165, 1.54) is 12.1 Å². The number of hydrogen-bond donors (Lipinski definition) is 0. The Bertz CT molecular complexity index is 762. The van der Waals surface area contributed by atoms with Gasteiger partial charge in [-0.1, -0.05) is 54.8 Å². The number of halogens is 1. The van der Waals surface area contributed by atoms with Crippen molar-refractivity contribution in [2.24, 2.45) is 0 Å². The molecular formula is C22H24FNO2. The van der Waals surface area contributed by atoms with Crippen molar-refractivity contribution in [2.45, 2.75) is 45.1 Å². The smallest absolute Gasteiger partial charge is 0.295 e. The summed E-state index contributed by atoms with van der Waals surface area (Å²) < 4.78 is 13.1. The predicted molar refractivity (Wildman–Crippen MR) is 99.6 cm³/mol. The zero-order chi connectivity index (χ0) is 18.5. The van der Waals surface area contributed by atoms with Crippen molar-refractivity contribution in [3.05, 3.63) is 71.0 Å². The molecule has 0 saturated heterocycles. The van der Waals surface area contributed by atoms with Gasteiger partial charge in [-0.3, -0.25) is 9.59 Å². The van der Waals surface area contributed by atoms with Crippen molar-refractivity contribution in [1.82, 2.24) is 4.90 Å². The summed E-state index contributed by atoms with van der Waals surface area (Å²) in [5.74, 6) is -1.15. The number of amides is 1. The van der Waals surface area contributed by atoms with Gasteiger partial charge in [-0.05, 0) is 43.9 Å². The molecule has 2 aromatic carbocycles. The fraction of sp³-hybridized carbons (Fsp3) is 0.364. The largest absolute Gasteiger partial charge is 0.332 e. The maximum absolute atomic E-state index is 13.1. The monoisotopic (exact) mass is 353 g/mol. The third-order valence-corrected chi connectivity index (χ3v) is 5.09. The van der Waals surface area contributed by atoms with Crippen LogP contribution in [0.5, 0.6) is 0 Å². The Morgan fingerprint density at radius 3 is 2.23 bits per heavy atom. The molecule has 26 heavy (non-hydrogen) atoms. The predicted octanol–water partition coefficient (Wildman–Crippen LogP) is 4.33. The molecule has 0 N–H and O–H groups in total. The van der Waals surface area contributed by atoms with E-state index in [0.717, 1.165) is 36.8 Å². The lowest BCUT2D eigenvalue weighted by Crippen LogP contribution is -2.44. The normalized spacial score (nSPS) is 14.4. The maximum Gasteiger partial charge on any atom is 0.295 e. The summed E-state index contributed by atoms with van der Waals surface area (Å²) in [7, 11) is 0. The van der Waals surface area contributed by atoms with Crippen LogP contribution in [0.3, 0.4) is 0 Å². The van der Waals surface area contributed by atoms with Crippen LogP contribution in [0.2, 0.25) is 0 Å². The first-order chi connectivity index (χ1) is 12.5. The number of aryl methyl sites for hydroxylation is 1. The zero-order valence-corrected chi connectivity index (χ0v) is 15.1. The van der Waals surface area contributed by atoms with Gasteiger partial charge in [0, 0.05) is 18.2 Å². The molecule has 0 unspecified atom stereocenters. The molecule has 0 heterocycles. The number of carbonyl (C=O) groups excluding carboxylic acids is 2. The quantitative estimate of drug-likeness (QED) is 0.572. The molecule has 0 atom stereocenters. The first kappa shape index (κ1) is 18.3. The van der Waals surface area contributed by atoms with Gasteiger partial charge in [-0.2, -0.15) is 0 Å².